The summed E-state index contributed by atoms with van der Waals surface area (Å²) < 4.78 is 4.94. The van der Waals surface area contributed by atoms with Crippen molar-refractivity contribution in [3.8, 4) is 11.1 Å². The number of hydrogen-bond donors (Lipinski definition) is 1. The minimum atomic E-state index is -0.203. The lowest BCUT2D eigenvalue weighted by molar-refractivity contribution is -0.122. The standard InChI is InChI=1S/C17H17NO2/c19-17(16-12-20-16)18-10-9-13-5-4-8-15(11-13)14-6-2-1-3-7-14/h1-8,11,16H,9-10,12H2,(H,18,19). The summed E-state index contributed by atoms with van der Waals surface area (Å²) in [6.45, 7) is 1.21. The van der Waals surface area contributed by atoms with E-state index in [4.69, 9.17) is 4.74 Å². The predicted octanol–water partition coefficient (Wildman–Crippen LogP) is 2.41. The molecule has 1 amide bonds. The van der Waals surface area contributed by atoms with Gasteiger partial charge in [0, 0.05) is 6.54 Å². The van der Waals surface area contributed by atoms with E-state index >= 15 is 0 Å². The zero-order valence-electron chi connectivity index (χ0n) is 11.2. The quantitative estimate of drug-likeness (QED) is 0.845. The molecular weight excluding hydrogens is 250 g/mol. The lowest BCUT2D eigenvalue weighted by Gasteiger charge is -2.06. The van der Waals surface area contributed by atoms with Gasteiger partial charge in [-0.05, 0) is 23.1 Å². The van der Waals surface area contributed by atoms with E-state index in [1.165, 1.54) is 16.7 Å². The van der Waals surface area contributed by atoms with Crippen LogP contribution < -0.4 is 5.32 Å². The summed E-state index contributed by atoms with van der Waals surface area (Å²) in [6, 6.07) is 18.7. The van der Waals surface area contributed by atoms with E-state index in [2.05, 4.69) is 41.7 Å². The first kappa shape index (κ1) is 12.9. The van der Waals surface area contributed by atoms with Crippen molar-refractivity contribution in [2.75, 3.05) is 13.2 Å². The summed E-state index contributed by atoms with van der Waals surface area (Å²) in [5.41, 5.74) is 3.65. The highest BCUT2D eigenvalue weighted by Crippen LogP contribution is 2.20. The Hall–Kier alpha value is -2.13. The molecular formula is C17H17NO2. The van der Waals surface area contributed by atoms with Crippen LogP contribution in [0.1, 0.15) is 5.56 Å². The van der Waals surface area contributed by atoms with Crippen LogP contribution in [0, 0.1) is 0 Å². The smallest absolute Gasteiger partial charge is 0.251 e. The molecule has 0 aliphatic carbocycles. The van der Waals surface area contributed by atoms with Gasteiger partial charge in [0.05, 0.1) is 6.61 Å². The van der Waals surface area contributed by atoms with Crippen LogP contribution in [0.4, 0.5) is 0 Å². The van der Waals surface area contributed by atoms with Gasteiger partial charge in [-0.3, -0.25) is 4.79 Å². The number of rotatable bonds is 5. The molecule has 2 aromatic carbocycles. The molecule has 0 aromatic heterocycles. The number of ether oxygens (including phenoxy) is 1. The molecule has 1 atom stereocenters. The van der Waals surface area contributed by atoms with Crippen molar-refractivity contribution in [1.29, 1.82) is 0 Å². The normalized spacial score (nSPS) is 16.7. The summed E-state index contributed by atoms with van der Waals surface area (Å²) in [6.07, 6.45) is 0.629. The van der Waals surface area contributed by atoms with Crippen LogP contribution in [0.25, 0.3) is 11.1 Å². The second kappa shape index (κ2) is 5.88. The highest BCUT2D eigenvalue weighted by molar-refractivity contribution is 5.82. The second-order valence-corrected chi connectivity index (χ2v) is 4.93. The molecule has 1 heterocycles. The third-order valence-corrected chi connectivity index (χ3v) is 3.37. The fraction of sp³-hybridized carbons (Fsp3) is 0.235. The number of carbonyl (C=O) groups is 1. The summed E-state index contributed by atoms with van der Waals surface area (Å²) in [5, 5.41) is 2.89. The van der Waals surface area contributed by atoms with Crippen LogP contribution >= 0.6 is 0 Å². The van der Waals surface area contributed by atoms with E-state index in [1.807, 2.05) is 18.2 Å². The average molecular weight is 267 g/mol. The lowest BCUT2D eigenvalue weighted by Crippen LogP contribution is -2.29. The number of amides is 1. The monoisotopic (exact) mass is 267 g/mol. The van der Waals surface area contributed by atoms with Crippen molar-refractivity contribution in [3.05, 3.63) is 60.2 Å². The minimum Gasteiger partial charge on any atom is -0.363 e. The largest absolute Gasteiger partial charge is 0.363 e. The summed E-state index contributed by atoms with van der Waals surface area (Å²) in [4.78, 5) is 11.4. The van der Waals surface area contributed by atoms with Gasteiger partial charge in [-0.1, -0.05) is 54.6 Å². The molecule has 20 heavy (non-hydrogen) atoms. The van der Waals surface area contributed by atoms with Gasteiger partial charge >= 0.3 is 0 Å². The van der Waals surface area contributed by atoms with Gasteiger partial charge in [0.25, 0.3) is 5.91 Å². The first-order valence-electron chi connectivity index (χ1n) is 6.86. The molecule has 0 radical (unpaired) electrons. The molecule has 2 aromatic rings. The molecule has 3 rings (SSSR count). The highest BCUT2D eigenvalue weighted by atomic mass is 16.6. The lowest BCUT2D eigenvalue weighted by atomic mass is 10.0. The summed E-state index contributed by atoms with van der Waals surface area (Å²) in [5.74, 6) is 0.00390. The van der Waals surface area contributed by atoms with Gasteiger partial charge in [-0.15, -0.1) is 0 Å². The Kier molecular flexibility index (Phi) is 3.79. The fourth-order valence-corrected chi connectivity index (χ4v) is 2.18. The van der Waals surface area contributed by atoms with Gasteiger partial charge in [0.2, 0.25) is 0 Å². The molecule has 102 valence electrons. The Morgan fingerprint density at radius 3 is 2.60 bits per heavy atom. The van der Waals surface area contributed by atoms with Crippen molar-refractivity contribution < 1.29 is 9.53 Å². The van der Waals surface area contributed by atoms with E-state index < -0.39 is 0 Å². The Bertz CT molecular complexity index is 591. The molecule has 1 unspecified atom stereocenters. The number of hydrogen-bond acceptors (Lipinski definition) is 2. The molecule has 1 saturated heterocycles. The summed E-state index contributed by atoms with van der Waals surface area (Å²) in [7, 11) is 0. The van der Waals surface area contributed by atoms with Gasteiger partial charge in [-0.25, -0.2) is 0 Å². The first-order chi connectivity index (χ1) is 9.83. The van der Waals surface area contributed by atoms with Crippen LogP contribution in [-0.4, -0.2) is 25.2 Å². The molecule has 0 saturated carbocycles. The third-order valence-electron chi connectivity index (χ3n) is 3.37. The predicted molar refractivity (Wildman–Crippen MR) is 78.3 cm³/mol. The highest BCUT2D eigenvalue weighted by Gasteiger charge is 2.30. The molecule has 1 fully saturated rings. The van der Waals surface area contributed by atoms with Crippen LogP contribution in [0.2, 0.25) is 0 Å². The number of carbonyl (C=O) groups excluding carboxylic acids is 1. The Labute approximate surface area is 118 Å². The maximum absolute atomic E-state index is 11.4. The Balaban J connectivity index is 1.61. The summed E-state index contributed by atoms with van der Waals surface area (Å²) >= 11 is 0. The van der Waals surface area contributed by atoms with Crippen molar-refractivity contribution in [3.63, 3.8) is 0 Å². The minimum absolute atomic E-state index is 0.00390. The molecule has 1 N–H and O–H groups in total. The van der Waals surface area contributed by atoms with E-state index in [-0.39, 0.29) is 12.0 Å². The van der Waals surface area contributed by atoms with Crippen molar-refractivity contribution in [2.24, 2.45) is 0 Å². The Morgan fingerprint density at radius 1 is 1.10 bits per heavy atom. The van der Waals surface area contributed by atoms with Crippen LogP contribution in [0.15, 0.2) is 54.6 Å². The average Bonchev–Trinajstić information content (AvgIpc) is 3.33. The number of benzene rings is 2. The third kappa shape index (κ3) is 3.25. The maximum Gasteiger partial charge on any atom is 0.251 e. The van der Waals surface area contributed by atoms with Crippen LogP contribution in [0.3, 0.4) is 0 Å². The van der Waals surface area contributed by atoms with E-state index in [0.29, 0.717) is 13.2 Å². The van der Waals surface area contributed by atoms with E-state index in [0.717, 1.165) is 6.42 Å². The zero-order valence-corrected chi connectivity index (χ0v) is 11.2. The van der Waals surface area contributed by atoms with Gasteiger partial charge in [-0.2, -0.15) is 0 Å². The molecule has 3 heteroatoms. The fourth-order valence-electron chi connectivity index (χ4n) is 2.18. The van der Waals surface area contributed by atoms with E-state index in [1.54, 1.807) is 0 Å². The van der Waals surface area contributed by atoms with Gasteiger partial charge in [0.1, 0.15) is 0 Å². The molecule has 3 nitrogen and oxygen atoms in total. The maximum atomic E-state index is 11.4. The molecule has 0 bridgehead atoms. The van der Waals surface area contributed by atoms with Gasteiger partial charge < -0.3 is 10.1 Å². The van der Waals surface area contributed by atoms with Crippen LogP contribution in [0.5, 0.6) is 0 Å². The molecule has 0 spiro atoms. The van der Waals surface area contributed by atoms with Crippen molar-refractivity contribution in [1.82, 2.24) is 5.32 Å². The topological polar surface area (TPSA) is 41.6 Å². The zero-order chi connectivity index (χ0) is 13.8. The first-order valence-corrected chi connectivity index (χ1v) is 6.86. The second-order valence-electron chi connectivity index (χ2n) is 4.93. The molecule has 1 aliphatic rings. The number of epoxide rings is 1. The van der Waals surface area contributed by atoms with Crippen molar-refractivity contribution in [2.45, 2.75) is 12.5 Å². The van der Waals surface area contributed by atoms with Crippen molar-refractivity contribution >= 4 is 5.91 Å². The number of nitrogens with one attached hydrogen (secondary N) is 1. The van der Waals surface area contributed by atoms with E-state index in [9.17, 15) is 4.79 Å². The van der Waals surface area contributed by atoms with Crippen LogP contribution in [-0.2, 0) is 16.0 Å². The Morgan fingerprint density at radius 2 is 1.85 bits per heavy atom. The molecule has 1 aliphatic heterocycles. The van der Waals surface area contributed by atoms with Gasteiger partial charge in [0.15, 0.2) is 6.10 Å². The SMILES string of the molecule is O=C(NCCc1cccc(-c2ccccc2)c1)C1CO1.